The van der Waals surface area contributed by atoms with Crippen LogP contribution in [0.25, 0.3) is 17.0 Å². The van der Waals surface area contributed by atoms with Gasteiger partial charge < -0.3 is 20.9 Å². The van der Waals surface area contributed by atoms with Crippen LogP contribution in [-0.4, -0.2) is 42.0 Å². The maximum atomic E-state index is 13.8. The van der Waals surface area contributed by atoms with E-state index in [1.165, 1.54) is 30.4 Å². The van der Waals surface area contributed by atoms with Gasteiger partial charge in [0, 0.05) is 35.3 Å². The highest BCUT2D eigenvalue weighted by Crippen LogP contribution is 2.21. The van der Waals surface area contributed by atoms with Crippen LogP contribution < -0.4 is 16.0 Å². The molecule has 0 radical (unpaired) electrons. The number of aromatic amines is 1. The Morgan fingerprint density at radius 2 is 1.88 bits per heavy atom. The maximum Gasteiger partial charge on any atom is 0.245 e. The number of halogens is 2. The monoisotopic (exact) mass is 452 g/mol. The lowest BCUT2D eigenvalue weighted by Crippen LogP contribution is -2.62. The number of fused-ring (bicyclic) bond motifs is 1. The molecular weight excluding hydrogens is 426 g/mol. The SMILES string of the molecule is O=C(/C=C/c1ccccc1F)NC1(C(=O)NCCc2c[nH]c3ccc(F)cc23)CCNCC1. The van der Waals surface area contributed by atoms with Crippen molar-refractivity contribution in [3.8, 4) is 0 Å². The number of hydrogen-bond acceptors (Lipinski definition) is 3. The summed E-state index contributed by atoms with van der Waals surface area (Å²) >= 11 is 0. The number of piperidine rings is 1. The number of aromatic nitrogens is 1. The standard InChI is InChI=1S/C25H26F2N4O2/c26-19-6-7-22-20(15-19)18(16-30-22)9-12-29-24(33)25(10-13-28-14-11-25)31-23(32)8-5-17-3-1-2-4-21(17)27/h1-8,15-16,28,30H,9-14H2,(H,29,33)(H,31,32)/b8-5+. The zero-order valence-corrected chi connectivity index (χ0v) is 18.1. The van der Waals surface area contributed by atoms with Gasteiger partial charge in [-0.2, -0.15) is 0 Å². The van der Waals surface area contributed by atoms with E-state index in [9.17, 15) is 18.4 Å². The quantitative estimate of drug-likeness (QED) is 0.416. The number of H-pyrrole nitrogens is 1. The molecule has 1 aliphatic rings. The molecule has 2 amide bonds. The molecule has 2 aromatic carbocycles. The van der Waals surface area contributed by atoms with Crippen molar-refractivity contribution in [1.29, 1.82) is 0 Å². The van der Waals surface area contributed by atoms with Crippen molar-refractivity contribution in [2.24, 2.45) is 0 Å². The Kier molecular flexibility index (Phi) is 6.84. The highest BCUT2D eigenvalue weighted by Gasteiger charge is 2.40. The van der Waals surface area contributed by atoms with Crippen molar-refractivity contribution in [2.45, 2.75) is 24.8 Å². The molecule has 4 N–H and O–H groups in total. The minimum absolute atomic E-state index is 0.261. The molecule has 0 saturated carbocycles. The molecule has 0 unspecified atom stereocenters. The lowest BCUT2D eigenvalue weighted by molar-refractivity contribution is -0.133. The predicted octanol–water partition coefficient (Wildman–Crippen LogP) is 3.06. The first-order chi connectivity index (χ1) is 16.0. The van der Waals surface area contributed by atoms with E-state index in [-0.39, 0.29) is 11.7 Å². The van der Waals surface area contributed by atoms with Crippen LogP contribution in [0.2, 0.25) is 0 Å². The van der Waals surface area contributed by atoms with Crippen LogP contribution >= 0.6 is 0 Å². The van der Waals surface area contributed by atoms with Crippen molar-refractivity contribution in [3.63, 3.8) is 0 Å². The second kappa shape index (κ2) is 9.95. The van der Waals surface area contributed by atoms with Crippen LogP contribution in [0.3, 0.4) is 0 Å². The maximum absolute atomic E-state index is 13.8. The van der Waals surface area contributed by atoms with E-state index in [1.807, 2.05) is 6.20 Å². The summed E-state index contributed by atoms with van der Waals surface area (Å²) in [7, 11) is 0. The molecule has 1 fully saturated rings. The lowest BCUT2D eigenvalue weighted by Gasteiger charge is -2.36. The van der Waals surface area contributed by atoms with Crippen LogP contribution in [-0.2, 0) is 16.0 Å². The van der Waals surface area contributed by atoms with E-state index in [0.717, 1.165) is 16.5 Å². The Bertz CT molecular complexity index is 1180. The summed E-state index contributed by atoms with van der Waals surface area (Å²) in [5.74, 6) is -1.45. The van der Waals surface area contributed by atoms with Gasteiger partial charge in [-0.3, -0.25) is 9.59 Å². The molecule has 0 spiro atoms. The van der Waals surface area contributed by atoms with E-state index in [4.69, 9.17) is 0 Å². The molecular formula is C25H26F2N4O2. The van der Waals surface area contributed by atoms with E-state index >= 15 is 0 Å². The summed E-state index contributed by atoms with van der Waals surface area (Å²) in [4.78, 5) is 28.8. The largest absolute Gasteiger partial charge is 0.361 e. The van der Waals surface area contributed by atoms with Gasteiger partial charge in [0.15, 0.2) is 0 Å². The van der Waals surface area contributed by atoms with Gasteiger partial charge >= 0.3 is 0 Å². The highest BCUT2D eigenvalue weighted by molar-refractivity contribution is 5.97. The molecule has 172 valence electrons. The third-order valence-electron chi connectivity index (χ3n) is 5.98. The first-order valence-corrected chi connectivity index (χ1v) is 11.0. The lowest BCUT2D eigenvalue weighted by atomic mass is 9.87. The van der Waals surface area contributed by atoms with Gasteiger partial charge in [0.1, 0.15) is 17.2 Å². The fraction of sp³-hybridized carbons (Fsp3) is 0.280. The van der Waals surface area contributed by atoms with Gasteiger partial charge in [-0.05, 0) is 68.3 Å². The molecule has 0 bridgehead atoms. The van der Waals surface area contributed by atoms with Gasteiger partial charge in [-0.1, -0.05) is 18.2 Å². The number of carbonyl (C=O) groups excluding carboxylic acids is 2. The summed E-state index contributed by atoms with van der Waals surface area (Å²) < 4.78 is 27.4. The third-order valence-corrected chi connectivity index (χ3v) is 5.98. The number of carbonyl (C=O) groups is 2. The topological polar surface area (TPSA) is 86.0 Å². The summed E-state index contributed by atoms with van der Waals surface area (Å²) in [6.07, 6.45) is 5.85. The molecule has 4 rings (SSSR count). The molecule has 2 heterocycles. The predicted molar refractivity (Wildman–Crippen MR) is 123 cm³/mol. The zero-order chi connectivity index (χ0) is 23.3. The first-order valence-electron chi connectivity index (χ1n) is 11.0. The van der Waals surface area contributed by atoms with Gasteiger partial charge in [0.05, 0.1) is 0 Å². The van der Waals surface area contributed by atoms with Crippen molar-refractivity contribution in [3.05, 3.63) is 77.5 Å². The van der Waals surface area contributed by atoms with Gasteiger partial charge in [0.25, 0.3) is 0 Å². The van der Waals surface area contributed by atoms with Crippen LogP contribution in [0.15, 0.2) is 54.7 Å². The Morgan fingerprint density at radius 3 is 2.67 bits per heavy atom. The second-order valence-electron chi connectivity index (χ2n) is 8.19. The normalized spacial score (nSPS) is 15.6. The Balaban J connectivity index is 1.40. The molecule has 3 aromatic rings. The number of rotatable bonds is 7. The third kappa shape index (κ3) is 5.28. The number of amides is 2. The number of nitrogens with one attached hydrogen (secondary N) is 4. The van der Waals surface area contributed by atoms with Gasteiger partial charge in [-0.15, -0.1) is 0 Å². The minimum Gasteiger partial charge on any atom is -0.361 e. The molecule has 6 nitrogen and oxygen atoms in total. The molecule has 1 saturated heterocycles. The average Bonchev–Trinajstić information content (AvgIpc) is 3.21. The summed E-state index contributed by atoms with van der Waals surface area (Å²) in [6.45, 7) is 1.53. The van der Waals surface area contributed by atoms with Crippen LogP contribution in [0.1, 0.15) is 24.0 Å². The van der Waals surface area contributed by atoms with Gasteiger partial charge in [-0.25, -0.2) is 8.78 Å². The minimum atomic E-state index is -1.05. The molecule has 33 heavy (non-hydrogen) atoms. The number of hydrogen-bond donors (Lipinski definition) is 4. The van der Waals surface area contributed by atoms with E-state index in [1.54, 1.807) is 24.3 Å². The fourth-order valence-corrected chi connectivity index (χ4v) is 4.15. The smallest absolute Gasteiger partial charge is 0.245 e. The highest BCUT2D eigenvalue weighted by atomic mass is 19.1. The molecule has 8 heteroatoms. The fourth-order valence-electron chi connectivity index (χ4n) is 4.15. The van der Waals surface area contributed by atoms with Crippen molar-refractivity contribution < 1.29 is 18.4 Å². The molecule has 1 aliphatic heterocycles. The molecule has 0 atom stereocenters. The van der Waals surface area contributed by atoms with Crippen molar-refractivity contribution in [1.82, 2.24) is 20.9 Å². The summed E-state index contributed by atoms with van der Waals surface area (Å²) in [5, 5.41) is 9.76. The summed E-state index contributed by atoms with van der Waals surface area (Å²) in [6, 6.07) is 10.7. The van der Waals surface area contributed by atoms with Crippen molar-refractivity contribution in [2.75, 3.05) is 19.6 Å². The Labute approximate surface area is 190 Å². The Hall–Kier alpha value is -3.52. The van der Waals surface area contributed by atoms with Gasteiger partial charge in [0.2, 0.25) is 11.8 Å². The zero-order valence-electron chi connectivity index (χ0n) is 18.1. The molecule has 0 aliphatic carbocycles. The van der Waals surface area contributed by atoms with E-state index in [2.05, 4.69) is 20.9 Å². The van der Waals surface area contributed by atoms with E-state index in [0.29, 0.717) is 44.5 Å². The Morgan fingerprint density at radius 1 is 1.09 bits per heavy atom. The average molecular weight is 453 g/mol. The van der Waals surface area contributed by atoms with Crippen LogP contribution in [0.4, 0.5) is 8.78 Å². The van der Waals surface area contributed by atoms with E-state index < -0.39 is 17.3 Å². The first kappa shape index (κ1) is 22.7. The van der Waals surface area contributed by atoms with Crippen LogP contribution in [0, 0.1) is 11.6 Å². The molecule has 1 aromatic heterocycles. The van der Waals surface area contributed by atoms with Crippen molar-refractivity contribution >= 4 is 28.8 Å². The van der Waals surface area contributed by atoms with Crippen LogP contribution in [0.5, 0.6) is 0 Å². The second-order valence-corrected chi connectivity index (χ2v) is 8.19. The number of benzene rings is 2. The summed E-state index contributed by atoms with van der Waals surface area (Å²) in [5.41, 5.74) is 0.989.